The second-order valence-corrected chi connectivity index (χ2v) is 8.41. The summed E-state index contributed by atoms with van der Waals surface area (Å²) in [5, 5.41) is 1.35. The van der Waals surface area contributed by atoms with Gasteiger partial charge < -0.3 is 24.8 Å². The summed E-state index contributed by atoms with van der Waals surface area (Å²) in [6.07, 6.45) is 1.01. The minimum absolute atomic E-state index is 0.0263. The number of rotatable bonds is 9. The highest BCUT2D eigenvalue weighted by atomic mass is 16.6. The molecule has 0 aliphatic heterocycles. The second kappa shape index (κ2) is 11.1. The highest BCUT2D eigenvalue weighted by Crippen LogP contribution is 2.42. The number of unbranched alkanes of at least 4 members (excludes halogenated alkanes) is 1. The first-order valence-electron chi connectivity index (χ1n) is 11.2. The van der Waals surface area contributed by atoms with Gasteiger partial charge in [-0.1, -0.05) is 13.3 Å². The number of methoxy groups -OCH3 is 2. The molecule has 182 valence electrons. The molecule has 0 unspecified atom stereocenters. The van der Waals surface area contributed by atoms with Crippen LogP contribution in [0.15, 0.2) is 12.1 Å². The quantitative estimate of drug-likeness (QED) is 0.572. The van der Waals surface area contributed by atoms with Gasteiger partial charge in [-0.2, -0.15) is 0 Å². The van der Waals surface area contributed by atoms with Gasteiger partial charge in [0, 0.05) is 35.1 Å². The van der Waals surface area contributed by atoms with Crippen LogP contribution in [0.3, 0.4) is 0 Å². The van der Waals surface area contributed by atoms with Crippen LogP contribution < -0.4 is 24.8 Å². The number of amides is 3. The SMILES string of the molecule is CCCCN(C(N)=O)c1c(OC(=O)N(C(C)C)C(C)C)nc(C)c2cc(OC)c(OC)cc12. The Morgan fingerprint density at radius 3 is 2.03 bits per heavy atom. The molecular formula is C24H36N4O5. The molecule has 0 fully saturated rings. The highest BCUT2D eigenvalue weighted by Gasteiger charge is 2.29. The molecule has 2 N–H and O–H groups in total. The topological polar surface area (TPSA) is 107 Å². The molecular weight excluding hydrogens is 424 g/mol. The molecule has 0 atom stereocenters. The van der Waals surface area contributed by atoms with Crippen LogP contribution >= 0.6 is 0 Å². The maximum atomic E-state index is 13.1. The number of hydrogen-bond acceptors (Lipinski definition) is 6. The number of hydrogen-bond donors (Lipinski definition) is 1. The fourth-order valence-corrected chi connectivity index (χ4v) is 3.89. The van der Waals surface area contributed by atoms with Gasteiger partial charge in [-0.15, -0.1) is 0 Å². The van der Waals surface area contributed by atoms with E-state index in [-0.39, 0.29) is 18.0 Å². The lowest BCUT2D eigenvalue weighted by Crippen LogP contribution is -2.44. The van der Waals surface area contributed by atoms with Crippen molar-refractivity contribution in [1.29, 1.82) is 0 Å². The smallest absolute Gasteiger partial charge is 0.417 e. The van der Waals surface area contributed by atoms with E-state index in [1.165, 1.54) is 12.0 Å². The molecule has 0 aliphatic rings. The predicted molar refractivity (Wildman–Crippen MR) is 130 cm³/mol. The molecule has 3 amide bonds. The van der Waals surface area contributed by atoms with Crippen molar-refractivity contribution < 1.29 is 23.8 Å². The van der Waals surface area contributed by atoms with Crippen LogP contribution in [0.25, 0.3) is 10.8 Å². The largest absolute Gasteiger partial charge is 0.493 e. The van der Waals surface area contributed by atoms with Gasteiger partial charge in [-0.05, 0) is 53.2 Å². The van der Waals surface area contributed by atoms with E-state index in [1.807, 2.05) is 34.6 Å². The molecule has 9 heteroatoms. The van der Waals surface area contributed by atoms with Gasteiger partial charge >= 0.3 is 12.1 Å². The number of carbonyl (C=O) groups is 2. The second-order valence-electron chi connectivity index (χ2n) is 8.41. The maximum Gasteiger partial charge on any atom is 0.417 e. The highest BCUT2D eigenvalue weighted by molar-refractivity contribution is 6.06. The van der Waals surface area contributed by atoms with Crippen molar-refractivity contribution in [2.75, 3.05) is 25.7 Å². The summed E-state index contributed by atoms with van der Waals surface area (Å²) in [4.78, 5) is 33.2. The number of aromatic nitrogens is 1. The van der Waals surface area contributed by atoms with Gasteiger partial charge in [0.15, 0.2) is 11.5 Å². The van der Waals surface area contributed by atoms with Crippen LogP contribution in [0, 0.1) is 6.92 Å². The zero-order valence-corrected chi connectivity index (χ0v) is 20.9. The van der Waals surface area contributed by atoms with Gasteiger partial charge in [-0.25, -0.2) is 14.6 Å². The van der Waals surface area contributed by atoms with Crippen molar-refractivity contribution >= 4 is 28.6 Å². The number of primary amides is 1. The van der Waals surface area contributed by atoms with Gasteiger partial charge in [0.1, 0.15) is 5.69 Å². The van der Waals surface area contributed by atoms with E-state index >= 15 is 0 Å². The van der Waals surface area contributed by atoms with E-state index in [0.29, 0.717) is 41.2 Å². The van der Waals surface area contributed by atoms with E-state index in [1.54, 1.807) is 31.1 Å². The number of ether oxygens (including phenoxy) is 3. The van der Waals surface area contributed by atoms with Crippen molar-refractivity contribution in [3.8, 4) is 17.4 Å². The number of aryl methyl sites for hydroxylation is 1. The van der Waals surface area contributed by atoms with E-state index < -0.39 is 12.1 Å². The van der Waals surface area contributed by atoms with Gasteiger partial charge in [0.2, 0.25) is 5.88 Å². The lowest BCUT2D eigenvalue weighted by atomic mass is 10.1. The summed E-state index contributed by atoms with van der Waals surface area (Å²) in [5.74, 6) is 1.02. The van der Waals surface area contributed by atoms with E-state index in [9.17, 15) is 9.59 Å². The lowest BCUT2D eigenvalue weighted by molar-refractivity contribution is 0.121. The van der Waals surface area contributed by atoms with Gasteiger partial charge in [-0.3, -0.25) is 4.90 Å². The Bertz CT molecular complexity index is 998. The van der Waals surface area contributed by atoms with E-state index in [2.05, 4.69) is 4.98 Å². The van der Waals surface area contributed by atoms with Crippen LogP contribution in [-0.2, 0) is 0 Å². The first kappa shape index (κ1) is 26.0. The Hall–Kier alpha value is -3.23. The van der Waals surface area contributed by atoms with Crippen molar-refractivity contribution in [3.05, 3.63) is 17.8 Å². The molecule has 2 rings (SSSR count). The fourth-order valence-electron chi connectivity index (χ4n) is 3.89. The summed E-state index contributed by atoms with van der Waals surface area (Å²) in [6.45, 7) is 11.8. The summed E-state index contributed by atoms with van der Waals surface area (Å²) < 4.78 is 16.7. The van der Waals surface area contributed by atoms with Crippen LogP contribution in [0.1, 0.15) is 53.2 Å². The molecule has 1 heterocycles. The molecule has 0 saturated carbocycles. The third-order valence-corrected chi connectivity index (χ3v) is 5.42. The average molecular weight is 461 g/mol. The Balaban J connectivity index is 2.82. The third kappa shape index (κ3) is 5.58. The van der Waals surface area contributed by atoms with E-state index in [0.717, 1.165) is 11.8 Å². The molecule has 1 aromatic carbocycles. The predicted octanol–water partition coefficient (Wildman–Crippen LogP) is 4.86. The number of benzene rings is 1. The molecule has 2 aromatic rings. The van der Waals surface area contributed by atoms with Crippen LogP contribution in [0.2, 0.25) is 0 Å². The van der Waals surface area contributed by atoms with E-state index in [4.69, 9.17) is 19.9 Å². The van der Waals surface area contributed by atoms with Crippen LogP contribution in [0.4, 0.5) is 15.3 Å². The first-order valence-corrected chi connectivity index (χ1v) is 11.2. The summed E-state index contributed by atoms with van der Waals surface area (Å²) in [5.41, 5.74) is 6.71. The Kier molecular flexibility index (Phi) is 8.73. The third-order valence-electron chi connectivity index (χ3n) is 5.42. The number of anilines is 1. The number of carbonyl (C=O) groups excluding carboxylic acids is 2. The number of urea groups is 1. The van der Waals surface area contributed by atoms with Crippen molar-refractivity contribution in [2.24, 2.45) is 5.73 Å². The minimum Gasteiger partial charge on any atom is -0.493 e. The Morgan fingerprint density at radius 2 is 1.58 bits per heavy atom. The zero-order valence-electron chi connectivity index (χ0n) is 20.9. The van der Waals surface area contributed by atoms with Crippen LogP contribution in [0.5, 0.6) is 17.4 Å². The molecule has 9 nitrogen and oxygen atoms in total. The maximum absolute atomic E-state index is 13.1. The summed E-state index contributed by atoms with van der Waals surface area (Å²) in [7, 11) is 3.08. The van der Waals surface area contributed by atoms with Crippen molar-refractivity contribution in [1.82, 2.24) is 9.88 Å². The monoisotopic (exact) mass is 460 g/mol. The van der Waals surface area contributed by atoms with Crippen LogP contribution in [-0.4, -0.2) is 54.9 Å². The molecule has 0 radical (unpaired) electrons. The van der Waals surface area contributed by atoms with Gasteiger partial charge in [0.25, 0.3) is 0 Å². The molecule has 33 heavy (non-hydrogen) atoms. The summed E-state index contributed by atoms with van der Waals surface area (Å²) >= 11 is 0. The number of nitrogens with zero attached hydrogens (tertiary/aromatic N) is 3. The molecule has 0 spiro atoms. The number of pyridine rings is 1. The average Bonchev–Trinajstić information content (AvgIpc) is 2.73. The Morgan fingerprint density at radius 1 is 1.03 bits per heavy atom. The normalized spacial score (nSPS) is 11.1. The molecule has 0 aliphatic carbocycles. The minimum atomic E-state index is -0.660. The number of nitrogens with two attached hydrogens (primary N) is 1. The summed E-state index contributed by atoms with van der Waals surface area (Å²) in [6, 6.07) is 2.71. The zero-order chi connectivity index (χ0) is 24.9. The number of fused-ring (bicyclic) bond motifs is 1. The van der Waals surface area contributed by atoms with Crippen molar-refractivity contribution in [3.63, 3.8) is 0 Å². The molecule has 1 aromatic heterocycles. The Labute approximate surface area is 195 Å². The fraction of sp³-hybridized carbons (Fsp3) is 0.542. The van der Waals surface area contributed by atoms with Crippen molar-refractivity contribution in [2.45, 2.75) is 66.5 Å². The molecule has 0 saturated heterocycles. The first-order chi connectivity index (χ1) is 15.6. The lowest BCUT2D eigenvalue weighted by Gasteiger charge is -2.30. The molecule has 0 bridgehead atoms. The standard InChI is InChI=1S/C24H36N4O5/c1-9-10-11-27(23(25)29)21-18-13-20(32-8)19(31-7)12-17(18)16(6)26-22(21)33-24(30)28(14(2)3)15(4)5/h12-15H,9-11H2,1-8H3,(H2,25,29). The van der Waals surface area contributed by atoms with Gasteiger partial charge in [0.05, 0.1) is 14.2 Å².